The molecule has 152 valence electrons. The van der Waals surface area contributed by atoms with Gasteiger partial charge >= 0.3 is 0 Å². The molecule has 4 aromatic carbocycles. The molecule has 0 atom stereocenters. The highest BCUT2D eigenvalue weighted by molar-refractivity contribution is 5.93. The molecule has 0 aliphatic rings. The molecule has 0 N–H and O–H groups in total. The number of methoxy groups -OCH3 is 3. The Labute approximate surface area is 175 Å². The van der Waals surface area contributed by atoms with Gasteiger partial charge in [0.25, 0.3) is 0 Å². The summed E-state index contributed by atoms with van der Waals surface area (Å²) < 4.78 is 29.9. The van der Waals surface area contributed by atoms with E-state index in [1.165, 1.54) is 13.2 Å². The molecule has 0 saturated carbocycles. The van der Waals surface area contributed by atoms with Crippen molar-refractivity contribution < 1.29 is 18.6 Å². The zero-order valence-electron chi connectivity index (χ0n) is 17.2. The smallest absolute Gasteiger partial charge is 0.165 e. The Balaban J connectivity index is 1.89. The molecule has 3 nitrogen and oxygen atoms in total. The first kappa shape index (κ1) is 19.8. The SMILES string of the molecule is COc1ccc(Cc2c(-c3ccc(F)c(OC)c3)ccc3cc(OC)ccc23)cc1. The van der Waals surface area contributed by atoms with Crippen LogP contribution in [0.15, 0.2) is 72.8 Å². The first-order valence-electron chi connectivity index (χ1n) is 9.69. The Morgan fingerprint density at radius 1 is 0.700 bits per heavy atom. The Morgan fingerprint density at radius 3 is 2.13 bits per heavy atom. The molecule has 0 heterocycles. The molecule has 0 spiro atoms. The molecule has 0 fully saturated rings. The van der Waals surface area contributed by atoms with Crippen molar-refractivity contribution in [3.05, 3.63) is 89.7 Å². The minimum absolute atomic E-state index is 0.234. The second-order valence-corrected chi connectivity index (χ2v) is 7.05. The van der Waals surface area contributed by atoms with Gasteiger partial charge in [-0.25, -0.2) is 4.39 Å². The van der Waals surface area contributed by atoms with Crippen LogP contribution in [0.2, 0.25) is 0 Å². The minimum atomic E-state index is -0.372. The highest BCUT2D eigenvalue weighted by atomic mass is 19.1. The predicted molar refractivity (Wildman–Crippen MR) is 118 cm³/mol. The largest absolute Gasteiger partial charge is 0.497 e. The van der Waals surface area contributed by atoms with Crippen LogP contribution in [0.4, 0.5) is 4.39 Å². The van der Waals surface area contributed by atoms with E-state index in [-0.39, 0.29) is 11.6 Å². The van der Waals surface area contributed by atoms with Gasteiger partial charge in [-0.05, 0) is 75.8 Å². The molecular weight excluding hydrogens is 379 g/mol. The Hall–Kier alpha value is -3.53. The number of halogens is 1. The quantitative estimate of drug-likeness (QED) is 0.381. The number of hydrogen-bond acceptors (Lipinski definition) is 3. The third kappa shape index (κ3) is 3.81. The van der Waals surface area contributed by atoms with Crippen LogP contribution in [0.5, 0.6) is 17.2 Å². The molecule has 4 aromatic rings. The molecule has 4 heteroatoms. The molecule has 4 rings (SSSR count). The van der Waals surface area contributed by atoms with Crippen LogP contribution >= 0.6 is 0 Å². The lowest BCUT2D eigenvalue weighted by atomic mass is 9.90. The summed E-state index contributed by atoms with van der Waals surface area (Å²) in [6.45, 7) is 0. The number of ether oxygens (including phenoxy) is 3. The number of benzene rings is 4. The predicted octanol–water partition coefficient (Wildman–Crippen LogP) is 6.26. The molecule has 0 aliphatic heterocycles. The highest BCUT2D eigenvalue weighted by Crippen LogP contribution is 2.35. The Kier molecular flexibility index (Phi) is 5.57. The van der Waals surface area contributed by atoms with Gasteiger partial charge in [-0.3, -0.25) is 0 Å². The summed E-state index contributed by atoms with van der Waals surface area (Å²) in [4.78, 5) is 0. The summed E-state index contributed by atoms with van der Waals surface area (Å²) in [5.74, 6) is 1.50. The summed E-state index contributed by atoms with van der Waals surface area (Å²) >= 11 is 0. The van der Waals surface area contributed by atoms with Crippen molar-refractivity contribution in [1.82, 2.24) is 0 Å². The normalized spacial score (nSPS) is 10.8. The average Bonchev–Trinajstić information content (AvgIpc) is 2.79. The molecule has 30 heavy (non-hydrogen) atoms. The molecule has 0 amide bonds. The number of rotatable bonds is 6. The van der Waals surface area contributed by atoms with E-state index in [0.717, 1.165) is 50.9 Å². The van der Waals surface area contributed by atoms with Gasteiger partial charge in [0, 0.05) is 0 Å². The molecule has 0 unspecified atom stereocenters. The van der Waals surface area contributed by atoms with E-state index in [0.29, 0.717) is 0 Å². The fraction of sp³-hybridized carbons (Fsp3) is 0.154. The van der Waals surface area contributed by atoms with E-state index in [1.807, 2.05) is 24.3 Å². The second kappa shape index (κ2) is 8.46. The van der Waals surface area contributed by atoms with Gasteiger partial charge in [0.15, 0.2) is 11.6 Å². The van der Waals surface area contributed by atoms with E-state index in [4.69, 9.17) is 14.2 Å². The van der Waals surface area contributed by atoms with E-state index in [2.05, 4.69) is 30.3 Å². The summed E-state index contributed by atoms with van der Waals surface area (Å²) in [5, 5.41) is 2.23. The van der Waals surface area contributed by atoms with Gasteiger partial charge < -0.3 is 14.2 Å². The lowest BCUT2D eigenvalue weighted by Gasteiger charge is -2.16. The van der Waals surface area contributed by atoms with E-state index in [1.54, 1.807) is 26.4 Å². The summed E-state index contributed by atoms with van der Waals surface area (Å²) in [7, 11) is 4.80. The van der Waals surface area contributed by atoms with E-state index in [9.17, 15) is 4.39 Å². The third-order valence-corrected chi connectivity index (χ3v) is 5.34. The zero-order valence-corrected chi connectivity index (χ0v) is 17.2. The molecule has 0 radical (unpaired) electrons. The molecule has 0 saturated heterocycles. The van der Waals surface area contributed by atoms with Crippen LogP contribution in [0.3, 0.4) is 0 Å². The van der Waals surface area contributed by atoms with Crippen molar-refractivity contribution in [3.8, 4) is 28.4 Å². The highest BCUT2D eigenvalue weighted by Gasteiger charge is 2.14. The van der Waals surface area contributed by atoms with Crippen molar-refractivity contribution in [1.29, 1.82) is 0 Å². The average molecular weight is 402 g/mol. The van der Waals surface area contributed by atoms with Gasteiger partial charge in [-0.1, -0.05) is 36.4 Å². The van der Waals surface area contributed by atoms with Gasteiger partial charge in [-0.2, -0.15) is 0 Å². The van der Waals surface area contributed by atoms with Crippen LogP contribution in [-0.2, 0) is 6.42 Å². The molecule has 0 aromatic heterocycles. The maximum absolute atomic E-state index is 14.0. The lowest BCUT2D eigenvalue weighted by molar-refractivity contribution is 0.387. The summed E-state index contributed by atoms with van der Waals surface area (Å²) in [6.07, 6.45) is 0.725. The summed E-state index contributed by atoms with van der Waals surface area (Å²) in [5.41, 5.74) is 4.28. The third-order valence-electron chi connectivity index (χ3n) is 5.34. The van der Waals surface area contributed by atoms with Crippen molar-refractivity contribution in [2.75, 3.05) is 21.3 Å². The first-order chi connectivity index (χ1) is 14.6. The van der Waals surface area contributed by atoms with Crippen LogP contribution < -0.4 is 14.2 Å². The lowest BCUT2D eigenvalue weighted by Crippen LogP contribution is -1.96. The number of fused-ring (bicyclic) bond motifs is 1. The van der Waals surface area contributed by atoms with Crippen molar-refractivity contribution in [2.24, 2.45) is 0 Å². The van der Waals surface area contributed by atoms with Crippen molar-refractivity contribution in [2.45, 2.75) is 6.42 Å². The summed E-state index contributed by atoms with van der Waals surface area (Å²) in [6, 6.07) is 23.3. The maximum atomic E-state index is 14.0. The molecule has 0 bridgehead atoms. The fourth-order valence-corrected chi connectivity index (χ4v) is 3.74. The van der Waals surface area contributed by atoms with Crippen molar-refractivity contribution >= 4 is 10.8 Å². The Bertz CT molecular complexity index is 1180. The van der Waals surface area contributed by atoms with Gasteiger partial charge in [0.1, 0.15) is 11.5 Å². The van der Waals surface area contributed by atoms with Crippen LogP contribution in [0.1, 0.15) is 11.1 Å². The molecular formula is C26H23FO3. The topological polar surface area (TPSA) is 27.7 Å². The zero-order chi connectivity index (χ0) is 21.1. The van der Waals surface area contributed by atoms with Crippen LogP contribution in [-0.4, -0.2) is 21.3 Å². The van der Waals surface area contributed by atoms with Gasteiger partial charge in [0.05, 0.1) is 21.3 Å². The fourth-order valence-electron chi connectivity index (χ4n) is 3.74. The van der Waals surface area contributed by atoms with Crippen LogP contribution in [0, 0.1) is 5.82 Å². The second-order valence-electron chi connectivity index (χ2n) is 7.05. The van der Waals surface area contributed by atoms with Gasteiger partial charge in [0.2, 0.25) is 0 Å². The number of hydrogen-bond donors (Lipinski definition) is 0. The van der Waals surface area contributed by atoms with Crippen molar-refractivity contribution in [3.63, 3.8) is 0 Å². The van der Waals surface area contributed by atoms with E-state index < -0.39 is 0 Å². The maximum Gasteiger partial charge on any atom is 0.165 e. The molecule has 0 aliphatic carbocycles. The van der Waals surface area contributed by atoms with Crippen LogP contribution in [0.25, 0.3) is 21.9 Å². The van der Waals surface area contributed by atoms with E-state index >= 15 is 0 Å². The minimum Gasteiger partial charge on any atom is -0.497 e. The van der Waals surface area contributed by atoms with Gasteiger partial charge in [-0.15, -0.1) is 0 Å². The monoisotopic (exact) mass is 402 g/mol. The Morgan fingerprint density at radius 2 is 1.43 bits per heavy atom. The standard InChI is InChI=1S/C26H23FO3/c1-28-20-8-4-17(5-9-20)14-24-22(19-7-13-25(27)26(16-19)30-3)11-6-18-15-21(29-2)10-12-23(18)24/h4-13,15-16H,14H2,1-3H3. The first-order valence-corrected chi connectivity index (χ1v) is 9.69.